The molecule has 3 rings (SSSR count). The summed E-state index contributed by atoms with van der Waals surface area (Å²) in [6.45, 7) is 4.52. The molecule has 1 aliphatic rings. The number of hydrogen-bond acceptors (Lipinski definition) is 6. The van der Waals surface area contributed by atoms with Gasteiger partial charge in [-0.3, -0.25) is 4.79 Å². The zero-order chi connectivity index (χ0) is 19.2. The lowest BCUT2D eigenvalue weighted by molar-refractivity contribution is 0.0525. The van der Waals surface area contributed by atoms with Crippen LogP contribution in [0.2, 0.25) is 0 Å². The Bertz CT molecular complexity index is 866. The smallest absolute Gasteiger partial charge is 0.339 e. The Morgan fingerprint density at radius 3 is 2.56 bits per heavy atom. The van der Waals surface area contributed by atoms with Crippen molar-refractivity contribution in [1.29, 1.82) is 5.26 Å². The van der Waals surface area contributed by atoms with E-state index < -0.39 is 0 Å². The third-order valence-electron chi connectivity index (χ3n) is 4.39. The van der Waals surface area contributed by atoms with Crippen LogP contribution in [0.15, 0.2) is 42.6 Å². The van der Waals surface area contributed by atoms with Crippen LogP contribution in [0.4, 0.5) is 5.82 Å². The number of esters is 1. The largest absolute Gasteiger partial charge is 0.462 e. The molecule has 0 saturated carbocycles. The van der Waals surface area contributed by atoms with Gasteiger partial charge in [-0.25, -0.2) is 9.78 Å². The minimum absolute atomic E-state index is 0.0719. The molecule has 1 saturated heterocycles. The number of nitrogens with zero attached hydrogens (tertiary/aromatic N) is 4. The van der Waals surface area contributed by atoms with Gasteiger partial charge in [0.2, 0.25) is 0 Å². The second kappa shape index (κ2) is 8.32. The van der Waals surface area contributed by atoms with Crippen molar-refractivity contribution < 1.29 is 14.3 Å². The maximum absolute atomic E-state index is 12.6. The Hall–Kier alpha value is -3.40. The number of hydrogen-bond donors (Lipinski definition) is 0. The monoisotopic (exact) mass is 364 g/mol. The molecular formula is C20H20N4O3. The van der Waals surface area contributed by atoms with Gasteiger partial charge in [-0.15, -0.1) is 0 Å². The van der Waals surface area contributed by atoms with E-state index in [1.165, 1.54) is 6.20 Å². The lowest BCUT2D eigenvalue weighted by atomic mass is 10.1. The predicted molar refractivity (Wildman–Crippen MR) is 99.5 cm³/mol. The lowest BCUT2D eigenvalue weighted by Gasteiger charge is -2.35. The standard InChI is InChI=1S/C20H20N4O3/c1-2-27-20(26)17-6-7-18(22-14-17)23-8-10-24(11-9-23)19(25)16-5-3-4-15(12-16)13-21/h3-7,12,14H,2,8-11H2,1H3. The molecule has 7 nitrogen and oxygen atoms in total. The summed E-state index contributed by atoms with van der Waals surface area (Å²) in [7, 11) is 0. The molecule has 0 radical (unpaired) electrons. The number of aromatic nitrogens is 1. The van der Waals surface area contributed by atoms with Gasteiger partial charge < -0.3 is 14.5 Å². The van der Waals surface area contributed by atoms with Gasteiger partial charge in [-0.1, -0.05) is 6.07 Å². The highest BCUT2D eigenvalue weighted by Gasteiger charge is 2.23. The first-order valence-corrected chi connectivity index (χ1v) is 8.80. The second-order valence-corrected chi connectivity index (χ2v) is 6.10. The van der Waals surface area contributed by atoms with Crippen molar-refractivity contribution in [2.75, 3.05) is 37.7 Å². The molecule has 1 fully saturated rings. The molecule has 1 amide bonds. The third kappa shape index (κ3) is 4.23. The number of piperazine rings is 1. The normalized spacial score (nSPS) is 13.8. The molecule has 1 aliphatic heterocycles. The first-order chi connectivity index (χ1) is 13.1. The highest BCUT2D eigenvalue weighted by atomic mass is 16.5. The van der Waals surface area contributed by atoms with E-state index in [1.807, 2.05) is 0 Å². The van der Waals surface area contributed by atoms with Crippen molar-refractivity contribution >= 4 is 17.7 Å². The van der Waals surface area contributed by atoms with Crippen LogP contribution >= 0.6 is 0 Å². The number of pyridine rings is 1. The Morgan fingerprint density at radius 1 is 1.15 bits per heavy atom. The van der Waals surface area contributed by atoms with Gasteiger partial charge >= 0.3 is 5.97 Å². The van der Waals surface area contributed by atoms with Crippen molar-refractivity contribution in [3.05, 3.63) is 59.3 Å². The van der Waals surface area contributed by atoms with Crippen LogP contribution in [0.1, 0.15) is 33.2 Å². The van der Waals surface area contributed by atoms with Gasteiger partial charge in [-0.05, 0) is 37.3 Å². The summed E-state index contributed by atoms with van der Waals surface area (Å²) < 4.78 is 4.96. The Balaban J connectivity index is 1.61. The number of benzene rings is 1. The van der Waals surface area contributed by atoms with Crippen LogP contribution in [0.25, 0.3) is 0 Å². The zero-order valence-corrected chi connectivity index (χ0v) is 15.1. The average molecular weight is 364 g/mol. The molecule has 0 spiro atoms. The van der Waals surface area contributed by atoms with Gasteiger partial charge in [0.05, 0.1) is 23.8 Å². The van der Waals surface area contributed by atoms with Crippen LogP contribution in [-0.4, -0.2) is 54.5 Å². The van der Waals surface area contributed by atoms with E-state index in [-0.39, 0.29) is 11.9 Å². The number of anilines is 1. The molecular weight excluding hydrogens is 344 g/mol. The topological polar surface area (TPSA) is 86.5 Å². The van der Waals surface area contributed by atoms with Crippen LogP contribution in [0, 0.1) is 11.3 Å². The summed E-state index contributed by atoms with van der Waals surface area (Å²) in [4.78, 5) is 32.5. The molecule has 0 aliphatic carbocycles. The highest BCUT2D eigenvalue weighted by Crippen LogP contribution is 2.16. The van der Waals surface area contributed by atoms with Crippen molar-refractivity contribution in [1.82, 2.24) is 9.88 Å². The zero-order valence-electron chi connectivity index (χ0n) is 15.1. The van der Waals surface area contributed by atoms with Crippen LogP contribution in [0.5, 0.6) is 0 Å². The summed E-state index contributed by atoms with van der Waals surface area (Å²) in [5, 5.41) is 8.98. The molecule has 0 bridgehead atoms. The van der Waals surface area contributed by atoms with Gasteiger partial charge in [0.15, 0.2) is 0 Å². The van der Waals surface area contributed by atoms with E-state index in [9.17, 15) is 9.59 Å². The molecule has 2 heterocycles. The van der Waals surface area contributed by atoms with E-state index in [4.69, 9.17) is 10.00 Å². The van der Waals surface area contributed by atoms with E-state index >= 15 is 0 Å². The van der Waals surface area contributed by atoms with Gasteiger partial charge in [0, 0.05) is 37.9 Å². The number of ether oxygens (including phenoxy) is 1. The lowest BCUT2D eigenvalue weighted by Crippen LogP contribution is -2.49. The fourth-order valence-corrected chi connectivity index (χ4v) is 2.95. The number of carbonyl (C=O) groups excluding carboxylic acids is 2. The van der Waals surface area contributed by atoms with Gasteiger partial charge in [-0.2, -0.15) is 5.26 Å². The Labute approximate surface area is 157 Å². The third-order valence-corrected chi connectivity index (χ3v) is 4.39. The Kier molecular flexibility index (Phi) is 5.67. The van der Waals surface area contributed by atoms with Crippen LogP contribution < -0.4 is 4.90 Å². The highest BCUT2D eigenvalue weighted by molar-refractivity contribution is 5.94. The number of nitriles is 1. The fraction of sp³-hybridized carbons (Fsp3) is 0.300. The first kappa shape index (κ1) is 18.4. The van der Waals surface area contributed by atoms with Crippen molar-refractivity contribution in [2.24, 2.45) is 0 Å². The minimum Gasteiger partial charge on any atom is -0.462 e. The number of rotatable bonds is 4. The Morgan fingerprint density at radius 2 is 1.93 bits per heavy atom. The van der Waals surface area contributed by atoms with E-state index in [1.54, 1.807) is 48.2 Å². The molecule has 27 heavy (non-hydrogen) atoms. The molecule has 138 valence electrons. The molecule has 1 aromatic carbocycles. The molecule has 0 unspecified atom stereocenters. The molecule has 1 aromatic heterocycles. The summed E-state index contributed by atoms with van der Waals surface area (Å²) in [6.07, 6.45) is 1.51. The minimum atomic E-state index is -0.383. The SMILES string of the molecule is CCOC(=O)c1ccc(N2CCN(C(=O)c3cccc(C#N)c3)CC2)nc1. The van der Waals surface area contributed by atoms with Gasteiger partial charge in [0.25, 0.3) is 5.91 Å². The molecule has 0 N–H and O–H groups in total. The summed E-state index contributed by atoms with van der Waals surface area (Å²) in [5.41, 5.74) is 1.43. The maximum atomic E-state index is 12.6. The second-order valence-electron chi connectivity index (χ2n) is 6.10. The summed E-state index contributed by atoms with van der Waals surface area (Å²) in [6, 6.07) is 12.3. The molecule has 0 atom stereocenters. The first-order valence-electron chi connectivity index (χ1n) is 8.80. The average Bonchev–Trinajstić information content (AvgIpc) is 2.73. The van der Waals surface area contributed by atoms with E-state index in [0.717, 1.165) is 5.82 Å². The van der Waals surface area contributed by atoms with E-state index in [2.05, 4.69) is 16.0 Å². The van der Waals surface area contributed by atoms with Gasteiger partial charge in [0.1, 0.15) is 5.82 Å². The van der Waals surface area contributed by atoms with Crippen molar-refractivity contribution in [3.8, 4) is 6.07 Å². The molecule has 7 heteroatoms. The van der Waals surface area contributed by atoms with E-state index in [0.29, 0.717) is 49.5 Å². The molecule has 2 aromatic rings. The fourth-order valence-electron chi connectivity index (χ4n) is 2.95. The summed E-state index contributed by atoms with van der Waals surface area (Å²) >= 11 is 0. The quantitative estimate of drug-likeness (QED) is 0.772. The van der Waals surface area contributed by atoms with Crippen molar-refractivity contribution in [2.45, 2.75) is 6.92 Å². The number of carbonyl (C=O) groups is 2. The van der Waals surface area contributed by atoms with Crippen molar-refractivity contribution in [3.63, 3.8) is 0 Å². The summed E-state index contributed by atoms with van der Waals surface area (Å²) in [5.74, 6) is 0.311. The number of amides is 1. The van der Waals surface area contributed by atoms with Crippen LogP contribution in [-0.2, 0) is 4.74 Å². The predicted octanol–water partition coefficient (Wildman–Crippen LogP) is 2.09. The van der Waals surface area contributed by atoms with Crippen LogP contribution in [0.3, 0.4) is 0 Å². The maximum Gasteiger partial charge on any atom is 0.339 e.